The summed E-state index contributed by atoms with van der Waals surface area (Å²) in [5, 5.41) is 14.4. The molecule has 3 atom stereocenters. The van der Waals surface area contributed by atoms with Crippen LogP contribution >= 0.6 is 0 Å². The average Bonchev–Trinajstić information content (AvgIpc) is 3.08. The van der Waals surface area contributed by atoms with Crippen LogP contribution in [0.3, 0.4) is 0 Å². The summed E-state index contributed by atoms with van der Waals surface area (Å²) >= 11 is 0. The van der Waals surface area contributed by atoms with Crippen molar-refractivity contribution in [3.63, 3.8) is 0 Å². The Balaban J connectivity index is 2.33. The Morgan fingerprint density at radius 2 is 1.89 bits per heavy atom. The fourth-order valence-electron chi connectivity index (χ4n) is 2.05. The maximum atomic E-state index is 11.7. The average molecular weight is 256 g/mol. The molecule has 0 aromatic rings. The molecule has 5 nitrogen and oxygen atoms in total. The highest BCUT2D eigenvalue weighted by Crippen LogP contribution is 2.32. The molecule has 0 aromatic heterocycles. The van der Waals surface area contributed by atoms with Crippen LogP contribution in [0.2, 0.25) is 0 Å². The van der Waals surface area contributed by atoms with E-state index in [0.717, 1.165) is 25.7 Å². The lowest BCUT2D eigenvalue weighted by Crippen LogP contribution is -2.49. The molecule has 0 aliphatic heterocycles. The lowest BCUT2D eigenvalue weighted by molar-refractivity contribution is -0.139. The number of amides is 2. The highest BCUT2D eigenvalue weighted by atomic mass is 16.4. The van der Waals surface area contributed by atoms with Gasteiger partial charge < -0.3 is 15.7 Å². The molecular weight excluding hydrogens is 232 g/mol. The van der Waals surface area contributed by atoms with E-state index < -0.39 is 12.0 Å². The van der Waals surface area contributed by atoms with Gasteiger partial charge in [-0.05, 0) is 38.0 Å². The largest absolute Gasteiger partial charge is 0.480 e. The summed E-state index contributed by atoms with van der Waals surface area (Å²) in [6.45, 7) is 6.20. The number of urea groups is 1. The maximum absolute atomic E-state index is 11.7. The highest BCUT2D eigenvalue weighted by molar-refractivity contribution is 5.83. The van der Waals surface area contributed by atoms with Crippen molar-refractivity contribution >= 4 is 12.0 Å². The molecule has 0 saturated heterocycles. The molecular formula is C13H24N2O3. The topological polar surface area (TPSA) is 78.4 Å². The van der Waals surface area contributed by atoms with E-state index in [1.165, 1.54) is 0 Å². The predicted octanol–water partition coefficient (Wildman–Crippen LogP) is 1.97. The van der Waals surface area contributed by atoms with E-state index in [0.29, 0.717) is 5.92 Å². The second-order valence-electron chi connectivity index (χ2n) is 5.42. The van der Waals surface area contributed by atoms with Crippen molar-refractivity contribution in [2.75, 3.05) is 0 Å². The minimum Gasteiger partial charge on any atom is -0.480 e. The normalized spacial score (nSPS) is 19.7. The molecule has 18 heavy (non-hydrogen) atoms. The molecule has 1 aliphatic rings. The molecule has 1 fully saturated rings. The summed E-state index contributed by atoms with van der Waals surface area (Å²) in [4.78, 5) is 22.7. The van der Waals surface area contributed by atoms with Crippen molar-refractivity contribution in [1.29, 1.82) is 0 Å². The van der Waals surface area contributed by atoms with Crippen molar-refractivity contribution in [3.05, 3.63) is 0 Å². The first-order chi connectivity index (χ1) is 8.43. The van der Waals surface area contributed by atoms with Crippen LogP contribution in [0.25, 0.3) is 0 Å². The number of carbonyl (C=O) groups excluding carboxylic acids is 1. The number of carboxylic acids is 1. The number of carbonyl (C=O) groups is 2. The Hall–Kier alpha value is -1.26. The Morgan fingerprint density at radius 1 is 1.28 bits per heavy atom. The molecule has 0 aromatic carbocycles. The van der Waals surface area contributed by atoms with Crippen LogP contribution in [-0.4, -0.2) is 29.2 Å². The lowest BCUT2D eigenvalue weighted by atomic mass is 10.0. The minimum atomic E-state index is -0.942. The van der Waals surface area contributed by atoms with Crippen molar-refractivity contribution in [1.82, 2.24) is 10.6 Å². The van der Waals surface area contributed by atoms with E-state index in [4.69, 9.17) is 5.11 Å². The fraction of sp³-hybridized carbons (Fsp3) is 0.846. The van der Waals surface area contributed by atoms with Gasteiger partial charge in [-0.3, -0.25) is 0 Å². The van der Waals surface area contributed by atoms with E-state index in [9.17, 15) is 9.59 Å². The SMILES string of the molecule is CCC(C)CC(C)NC(=O)NC(C(=O)O)C1CC1. The molecule has 0 bridgehead atoms. The molecule has 1 rings (SSSR count). The molecule has 3 N–H and O–H groups in total. The zero-order valence-electron chi connectivity index (χ0n) is 11.4. The quantitative estimate of drug-likeness (QED) is 0.651. The first-order valence-electron chi connectivity index (χ1n) is 6.73. The molecule has 0 heterocycles. The third-order valence-electron chi connectivity index (χ3n) is 3.48. The molecule has 2 amide bonds. The standard InChI is InChI=1S/C13H24N2O3/c1-4-8(2)7-9(3)14-13(18)15-11(12(16)17)10-5-6-10/h8-11H,4-7H2,1-3H3,(H,16,17)(H2,14,15,18). The Kier molecular flexibility index (Phi) is 5.44. The summed E-state index contributed by atoms with van der Waals surface area (Å²) in [7, 11) is 0. The first-order valence-corrected chi connectivity index (χ1v) is 6.73. The zero-order valence-corrected chi connectivity index (χ0v) is 11.4. The first kappa shape index (κ1) is 14.8. The van der Waals surface area contributed by atoms with Gasteiger partial charge in [0.05, 0.1) is 0 Å². The van der Waals surface area contributed by atoms with Crippen LogP contribution in [0.1, 0.15) is 46.5 Å². The molecule has 0 radical (unpaired) electrons. The number of nitrogens with one attached hydrogen (secondary N) is 2. The summed E-state index contributed by atoms with van der Waals surface area (Å²) in [6, 6.07) is -1.04. The molecule has 3 unspecified atom stereocenters. The summed E-state index contributed by atoms with van der Waals surface area (Å²) < 4.78 is 0. The molecule has 1 aliphatic carbocycles. The van der Waals surface area contributed by atoms with Crippen molar-refractivity contribution < 1.29 is 14.7 Å². The minimum absolute atomic E-state index is 0.0635. The van der Waals surface area contributed by atoms with Gasteiger partial charge in [0.15, 0.2) is 0 Å². The van der Waals surface area contributed by atoms with Crippen LogP contribution in [0.4, 0.5) is 4.79 Å². The van der Waals surface area contributed by atoms with Crippen molar-refractivity contribution in [3.8, 4) is 0 Å². The van der Waals surface area contributed by atoms with Gasteiger partial charge in [0.2, 0.25) is 0 Å². The van der Waals surface area contributed by atoms with Gasteiger partial charge in [-0.15, -0.1) is 0 Å². The van der Waals surface area contributed by atoms with Gasteiger partial charge in [0.1, 0.15) is 6.04 Å². The van der Waals surface area contributed by atoms with E-state index in [2.05, 4.69) is 24.5 Å². The fourth-order valence-corrected chi connectivity index (χ4v) is 2.05. The van der Waals surface area contributed by atoms with E-state index in [1.807, 2.05) is 6.92 Å². The Morgan fingerprint density at radius 3 is 2.33 bits per heavy atom. The van der Waals surface area contributed by atoms with Gasteiger partial charge >= 0.3 is 12.0 Å². The van der Waals surface area contributed by atoms with Crippen molar-refractivity contribution in [2.45, 2.75) is 58.5 Å². The molecule has 1 saturated carbocycles. The number of hydrogen-bond acceptors (Lipinski definition) is 2. The molecule has 0 spiro atoms. The number of carboxylic acid groups (broad SMARTS) is 1. The second-order valence-corrected chi connectivity index (χ2v) is 5.42. The second kappa shape index (κ2) is 6.61. The summed E-state index contributed by atoms with van der Waals surface area (Å²) in [5.41, 5.74) is 0. The Bertz CT molecular complexity index is 303. The Labute approximate surface area is 108 Å². The van der Waals surface area contributed by atoms with Crippen LogP contribution in [-0.2, 0) is 4.79 Å². The van der Waals surface area contributed by atoms with E-state index >= 15 is 0 Å². The third-order valence-corrected chi connectivity index (χ3v) is 3.48. The van der Waals surface area contributed by atoms with E-state index in [-0.39, 0.29) is 18.0 Å². The maximum Gasteiger partial charge on any atom is 0.326 e. The molecule has 104 valence electrons. The predicted molar refractivity (Wildman–Crippen MR) is 69.3 cm³/mol. The number of rotatable bonds is 7. The zero-order chi connectivity index (χ0) is 13.7. The monoisotopic (exact) mass is 256 g/mol. The third kappa shape index (κ3) is 4.94. The van der Waals surface area contributed by atoms with Crippen molar-refractivity contribution in [2.24, 2.45) is 11.8 Å². The van der Waals surface area contributed by atoms with Crippen LogP contribution in [0.15, 0.2) is 0 Å². The van der Waals surface area contributed by atoms with Gasteiger partial charge in [0, 0.05) is 6.04 Å². The van der Waals surface area contributed by atoms with E-state index in [1.54, 1.807) is 0 Å². The summed E-state index contributed by atoms with van der Waals surface area (Å²) in [6.07, 6.45) is 3.76. The lowest BCUT2D eigenvalue weighted by Gasteiger charge is -2.20. The van der Waals surface area contributed by atoms with Crippen LogP contribution in [0, 0.1) is 11.8 Å². The van der Waals surface area contributed by atoms with Gasteiger partial charge in [-0.2, -0.15) is 0 Å². The smallest absolute Gasteiger partial charge is 0.326 e. The molecule has 5 heteroatoms. The number of aliphatic carboxylic acids is 1. The van der Waals surface area contributed by atoms with Crippen LogP contribution in [0.5, 0.6) is 0 Å². The highest BCUT2D eigenvalue weighted by Gasteiger charge is 2.37. The number of hydrogen-bond donors (Lipinski definition) is 3. The summed E-state index contributed by atoms with van der Waals surface area (Å²) in [5.74, 6) is -0.278. The van der Waals surface area contributed by atoms with Gasteiger partial charge in [0.25, 0.3) is 0 Å². The van der Waals surface area contributed by atoms with Gasteiger partial charge in [-0.25, -0.2) is 9.59 Å². The van der Waals surface area contributed by atoms with Crippen LogP contribution < -0.4 is 10.6 Å². The van der Waals surface area contributed by atoms with Gasteiger partial charge in [-0.1, -0.05) is 20.3 Å².